The molecule has 33 heavy (non-hydrogen) atoms. The third-order valence-electron chi connectivity index (χ3n) is 4.91. The van der Waals surface area contributed by atoms with Crippen LogP contribution < -0.4 is 9.47 Å². The first-order valence-corrected chi connectivity index (χ1v) is 10.6. The molecular formula is C27H27FO5. The zero-order valence-electron chi connectivity index (χ0n) is 18.8. The molecule has 172 valence electrons. The molecule has 0 radical (unpaired) electrons. The van der Waals surface area contributed by atoms with Gasteiger partial charge in [0.25, 0.3) is 0 Å². The molecule has 0 aliphatic heterocycles. The summed E-state index contributed by atoms with van der Waals surface area (Å²) in [6.45, 7) is 0.171. The van der Waals surface area contributed by atoms with Crippen LogP contribution in [0.3, 0.4) is 0 Å². The number of halogens is 1. The van der Waals surface area contributed by atoms with E-state index < -0.39 is 12.6 Å². The van der Waals surface area contributed by atoms with Crippen LogP contribution in [0.25, 0.3) is 17.2 Å². The number of benzene rings is 3. The number of carbonyl (C=O) groups is 1. The summed E-state index contributed by atoms with van der Waals surface area (Å²) in [5, 5.41) is 0. The summed E-state index contributed by atoms with van der Waals surface area (Å²) in [6, 6.07) is 23.1. The Balaban J connectivity index is 1.49. The molecule has 0 spiro atoms. The van der Waals surface area contributed by atoms with Crippen molar-refractivity contribution in [2.75, 3.05) is 27.4 Å². The van der Waals surface area contributed by atoms with E-state index in [4.69, 9.17) is 14.2 Å². The average molecular weight is 451 g/mol. The predicted octanol–water partition coefficient (Wildman–Crippen LogP) is 5.83. The normalized spacial score (nSPS) is 11.1. The lowest BCUT2D eigenvalue weighted by atomic mass is 10.1. The first kappa shape index (κ1) is 23.9. The second-order valence-electron chi connectivity index (χ2n) is 7.15. The maximum Gasteiger partial charge on any atom is 0.373 e. The fourth-order valence-corrected chi connectivity index (χ4v) is 3.19. The monoisotopic (exact) mass is 450 g/mol. The molecule has 3 aromatic carbocycles. The van der Waals surface area contributed by atoms with Crippen molar-refractivity contribution in [3.63, 3.8) is 0 Å². The number of alkyl halides is 1. The molecule has 6 heteroatoms. The third kappa shape index (κ3) is 6.84. The summed E-state index contributed by atoms with van der Waals surface area (Å²) >= 11 is 0. The van der Waals surface area contributed by atoms with Crippen molar-refractivity contribution in [3.05, 3.63) is 89.7 Å². The Kier molecular flexibility index (Phi) is 8.88. The third-order valence-corrected chi connectivity index (χ3v) is 4.91. The van der Waals surface area contributed by atoms with E-state index >= 15 is 0 Å². The molecule has 0 bridgehead atoms. The van der Waals surface area contributed by atoms with Crippen molar-refractivity contribution in [3.8, 4) is 22.6 Å². The van der Waals surface area contributed by atoms with E-state index in [0.29, 0.717) is 36.5 Å². The van der Waals surface area contributed by atoms with Gasteiger partial charge in [-0.2, -0.15) is 0 Å². The number of hydrogen-bond donors (Lipinski definition) is 0. The van der Waals surface area contributed by atoms with Gasteiger partial charge in [-0.05, 0) is 47.0 Å². The second kappa shape index (κ2) is 12.3. The molecule has 5 nitrogen and oxygen atoms in total. The summed E-state index contributed by atoms with van der Waals surface area (Å²) in [5.74, 6) is 0.674. The van der Waals surface area contributed by atoms with E-state index in [-0.39, 0.29) is 5.76 Å². The molecule has 0 fully saturated rings. The average Bonchev–Trinajstić information content (AvgIpc) is 2.88. The Labute approximate surface area is 193 Å². The molecule has 0 aliphatic carbocycles. The van der Waals surface area contributed by atoms with Crippen molar-refractivity contribution >= 4 is 12.0 Å². The number of methoxy groups -OCH3 is 2. The van der Waals surface area contributed by atoms with E-state index in [9.17, 15) is 9.18 Å². The van der Waals surface area contributed by atoms with E-state index in [0.717, 1.165) is 16.9 Å². The zero-order chi connectivity index (χ0) is 23.5. The quantitative estimate of drug-likeness (QED) is 0.159. The van der Waals surface area contributed by atoms with Gasteiger partial charge in [0.2, 0.25) is 5.76 Å². The highest BCUT2D eigenvalue weighted by Crippen LogP contribution is 2.24. The SMILES string of the molecule is COC(=O)/C(=C/c1ccc(OCCCOc2ccc(-c3ccccc3)cc2)c(CF)c1)OC. The van der Waals surface area contributed by atoms with Gasteiger partial charge >= 0.3 is 5.97 Å². The van der Waals surface area contributed by atoms with Crippen molar-refractivity contribution in [1.82, 2.24) is 0 Å². The van der Waals surface area contributed by atoms with Crippen molar-refractivity contribution in [2.45, 2.75) is 13.1 Å². The maximum atomic E-state index is 13.5. The van der Waals surface area contributed by atoms with Crippen LogP contribution in [0, 0.1) is 0 Å². The summed E-state index contributed by atoms with van der Waals surface area (Å²) in [6.07, 6.45) is 2.13. The van der Waals surface area contributed by atoms with Crippen LogP contribution in [0.1, 0.15) is 17.5 Å². The highest BCUT2D eigenvalue weighted by Gasteiger charge is 2.11. The molecule has 3 aromatic rings. The van der Waals surface area contributed by atoms with Gasteiger partial charge in [0.05, 0.1) is 27.4 Å². The Bertz CT molecular complexity index is 1060. The minimum absolute atomic E-state index is 0.0323. The number of esters is 1. The van der Waals surface area contributed by atoms with Gasteiger partial charge in [-0.1, -0.05) is 48.5 Å². The van der Waals surface area contributed by atoms with E-state index in [1.165, 1.54) is 20.3 Å². The van der Waals surface area contributed by atoms with Gasteiger partial charge in [-0.3, -0.25) is 0 Å². The van der Waals surface area contributed by atoms with E-state index in [2.05, 4.69) is 16.9 Å². The van der Waals surface area contributed by atoms with Gasteiger partial charge in [0.1, 0.15) is 18.2 Å². The Hall–Kier alpha value is -3.80. The standard InChI is InChI=1S/C27H27FO5/c1-30-26(27(29)31-2)18-20-9-14-25(23(17-20)19-28)33-16-6-15-32-24-12-10-22(11-13-24)21-7-4-3-5-8-21/h3-5,7-14,17-18H,6,15-16,19H2,1-2H3/b26-18-. The minimum Gasteiger partial charge on any atom is -0.493 e. The molecule has 0 amide bonds. The van der Waals surface area contributed by atoms with Gasteiger partial charge < -0.3 is 18.9 Å². The highest BCUT2D eigenvalue weighted by atomic mass is 19.1. The summed E-state index contributed by atoms with van der Waals surface area (Å²) in [7, 11) is 2.64. The predicted molar refractivity (Wildman–Crippen MR) is 126 cm³/mol. The lowest BCUT2D eigenvalue weighted by Gasteiger charge is -2.12. The van der Waals surface area contributed by atoms with Crippen LogP contribution >= 0.6 is 0 Å². The molecule has 0 saturated carbocycles. The maximum absolute atomic E-state index is 13.5. The van der Waals surface area contributed by atoms with Crippen LogP contribution in [0.2, 0.25) is 0 Å². The van der Waals surface area contributed by atoms with Gasteiger partial charge in [0.15, 0.2) is 0 Å². The lowest BCUT2D eigenvalue weighted by Crippen LogP contribution is -2.07. The molecule has 0 saturated heterocycles. The summed E-state index contributed by atoms with van der Waals surface area (Å²) < 4.78 is 34.7. The van der Waals surface area contributed by atoms with Gasteiger partial charge in [-0.25, -0.2) is 9.18 Å². The van der Waals surface area contributed by atoms with Gasteiger partial charge in [0, 0.05) is 12.0 Å². The van der Waals surface area contributed by atoms with Crippen LogP contribution in [-0.4, -0.2) is 33.4 Å². The van der Waals surface area contributed by atoms with Gasteiger partial charge in [-0.15, -0.1) is 0 Å². The van der Waals surface area contributed by atoms with Crippen LogP contribution in [0.5, 0.6) is 11.5 Å². The van der Waals surface area contributed by atoms with E-state index in [1.807, 2.05) is 42.5 Å². The first-order valence-electron chi connectivity index (χ1n) is 10.6. The Morgan fingerprint density at radius 3 is 2.21 bits per heavy atom. The van der Waals surface area contributed by atoms with E-state index in [1.54, 1.807) is 18.2 Å². The fourth-order valence-electron chi connectivity index (χ4n) is 3.19. The second-order valence-corrected chi connectivity index (χ2v) is 7.15. The smallest absolute Gasteiger partial charge is 0.373 e. The number of hydrogen-bond acceptors (Lipinski definition) is 5. The molecule has 0 aromatic heterocycles. The zero-order valence-corrected chi connectivity index (χ0v) is 18.8. The summed E-state index contributed by atoms with van der Waals surface area (Å²) in [4.78, 5) is 11.6. The van der Waals surface area contributed by atoms with Crippen LogP contribution in [-0.2, 0) is 20.9 Å². The topological polar surface area (TPSA) is 54.0 Å². The molecule has 0 atom stereocenters. The minimum atomic E-state index is -0.693. The molecule has 0 unspecified atom stereocenters. The largest absolute Gasteiger partial charge is 0.493 e. The van der Waals surface area contributed by atoms with Crippen LogP contribution in [0.15, 0.2) is 78.6 Å². The Morgan fingerprint density at radius 1 is 0.848 bits per heavy atom. The Morgan fingerprint density at radius 2 is 1.55 bits per heavy atom. The number of ether oxygens (including phenoxy) is 4. The van der Waals surface area contributed by atoms with Crippen molar-refractivity contribution in [1.29, 1.82) is 0 Å². The molecule has 0 N–H and O–H groups in total. The van der Waals surface area contributed by atoms with Crippen molar-refractivity contribution < 1.29 is 28.1 Å². The molecule has 0 aliphatic rings. The van der Waals surface area contributed by atoms with Crippen LogP contribution in [0.4, 0.5) is 4.39 Å². The molecule has 0 heterocycles. The van der Waals surface area contributed by atoms with Crippen molar-refractivity contribution in [2.24, 2.45) is 0 Å². The first-order chi connectivity index (χ1) is 16.1. The molecular weight excluding hydrogens is 423 g/mol. The summed E-state index contributed by atoms with van der Waals surface area (Å²) in [5.41, 5.74) is 3.29. The highest BCUT2D eigenvalue weighted by molar-refractivity contribution is 5.91. The number of carbonyl (C=O) groups excluding carboxylic acids is 1. The number of rotatable bonds is 11. The fraction of sp³-hybridized carbons (Fsp3) is 0.222. The lowest BCUT2D eigenvalue weighted by molar-refractivity contribution is -0.139. The molecule has 3 rings (SSSR count).